The topological polar surface area (TPSA) is 66.9 Å². The highest BCUT2D eigenvalue weighted by Crippen LogP contribution is 2.29. The maximum Gasteiger partial charge on any atom is 0.243 e. The number of ether oxygens (including phenoxy) is 1. The predicted molar refractivity (Wildman–Crippen MR) is 85.8 cm³/mol. The van der Waals surface area contributed by atoms with Crippen molar-refractivity contribution in [3.8, 4) is 0 Å². The Bertz CT molecular complexity index is 737. The van der Waals surface area contributed by atoms with Crippen LogP contribution in [0.2, 0.25) is 5.02 Å². The van der Waals surface area contributed by atoms with Gasteiger partial charge in [-0.15, -0.1) is 0 Å². The summed E-state index contributed by atoms with van der Waals surface area (Å²) in [5.74, 6) is -0.533. The van der Waals surface area contributed by atoms with Crippen LogP contribution < -0.4 is 0 Å². The summed E-state index contributed by atoms with van der Waals surface area (Å²) < 4.78 is 33.0. The van der Waals surface area contributed by atoms with Gasteiger partial charge in [0.25, 0.3) is 0 Å². The minimum atomic E-state index is -3.71. The number of hydrogen-bond donors (Lipinski definition) is 0. The molecule has 0 saturated carbocycles. The van der Waals surface area contributed by atoms with Crippen molar-refractivity contribution in [3.63, 3.8) is 0 Å². The molecule has 0 aliphatic carbocycles. The second-order valence-corrected chi connectivity index (χ2v) is 8.34. The Labute approximate surface area is 141 Å². The standard InChI is InChI=1S/C15H19ClN2O4S/c1-10-13(16)4-3-5-14(10)23(20,21)18-6-11-8-22-9-12(7-18)17(2)15(11)19/h3-5,11-12H,6-9H2,1-2H3/t11-,12+/m1/s1. The van der Waals surface area contributed by atoms with Crippen LogP contribution >= 0.6 is 11.6 Å². The van der Waals surface area contributed by atoms with Crippen molar-refractivity contribution in [1.29, 1.82) is 0 Å². The zero-order chi connectivity index (χ0) is 16.8. The summed E-state index contributed by atoms with van der Waals surface area (Å²) in [4.78, 5) is 14.2. The van der Waals surface area contributed by atoms with Crippen LogP contribution in [0.5, 0.6) is 0 Å². The molecule has 23 heavy (non-hydrogen) atoms. The lowest BCUT2D eigenvalue weighted by Gasteiger charge is -2.29. The number of nitrogens with zero attached hydrogens (tertiary/aromatic N) is 2. The number of likely N-dealkylation sites (N-methyl/N-ethyl adjacent to an activating group) is 1. The van der Waals surface area contributed by atoms with Crippen molar-refractivity contribution in [1.82, 2.24) is 9.21 Å². The van der Waals surface area contributed by atoms with Gasteiger partial charge in [0.05, 0.1) is 30.1 Å². The zero-order valence-corrected chi connectivity index (χ0v) is 14.6. The van der Waals surface area contributed by atoms with Gasteiger partial charge in [-0.1, -0.05) is 17.7 Å². The van der Waals surface area contributed by atoms with E-state index in [2.05, 4.69) is 0 Å². The largest absolute Gasteiger partial charge is 0.378 e. The number of benzene rings is 1. The van der Waals surface area contributed by atoms with Crippen LogP contribution in [0.3, 0.4) is 0 Å². The van der Waals surface area contributed by atoms with Crippen LogP contribution in [0, 0.1) is 12.8 Å². The van der Waals surface area contributed by atoms with Crippen LogP contribution in [-0.2, 0) is 19.6 Å². The molecule has 2 aliphatic rings. The lowest BCUT2D eigenvalue weighted by Crippen LogP contribution is -2.45. The number of carbonyl (C=O) groups is 1. The molecule has 2 atom stereocenters. The van der Waals surface area contributed by atoms with Gasteiger partial charge in [-0.25, -0.2) is 8.42 Å². The Morgan fingerprint density at radius 2 is 2.00 bits per heavy atom. The molecule has 8 heteroatoms. The molecule has 6 nitrogen and oxygen atoms in total. The Balaban J connectivity index is 2.01. The number of carbonyl (C=O) groups excluding carboxylic acids is 1. The first-order chi connectivity index (χ1) is 10.8. The summed E-state index contributed by atoms with van der Waals surface area (Å²) in [5, 5.41) is 0.414. The van der Waals surface area contributed by atoms with Gasteiger partial charge < -0.3 is 9.64 Å². The normalized spacial score (nSPS) is 26.2. The highest BCUT2D eigenvalue weighted by atomic mass is 35.5. The second kappa shape index (κ2) is 6.05. The van der Waals surface area contributed by atoms with E-state index >= 15 is 0 Å². The van der Waals surface area contributed by atoms with Gasteiger partial charge >= 0.3 is 0 Å². The summed E-state index contributed by atoms with van der Waals surface area (Å²) in [7, 11) is -2.01. The molecule has 2 bridgehead atoms. The van der Waals surface area contributed by atoms with Crippen molar-refractivity contribution in [2.45, 2.75) is 17.9 Å². The number of rotatable bonds is 2. The van der Waals surface area contributed by atoms with Crippen molar-refractivity contribution in [2.75, 3.05) is 33.4 Å². The predicted octanol–water partition coefficient (Wildman–Crippen LogP) is 1.13. The third-order valence-corrected chi connectivity index (χ3v) is 6.93. The number of amides is 1. The van der Waals surface area contributed by atoms with Crippen LogP contribution in [-0.4, -0.2) is 62.9 Å². The molecule has 2 fully saturated rings. The zero-order valence-electron chi connectivity index (χ0n) is 13.0. The Kier molecular flexibility index (Phi) is 4.39. The average Bonchev–Trinajstić information content (AvgIpc) is 2.67. The van der Waals surface area contributed by atoms with Gasteiger partial charge in [0.15, 0.2) is 0 Å². The van der Waals surface area contributed by atoms with Gasteiger partial charge in [-0.3, -0.25) is 4.79 Å². The Hall–Kier alpha value is -1.15. The fourth-order valence-electron chi connectivity index (χ4n) is 3.06. The molecule has 0 spiro atoms. The minimum absolute atomic E-state index is 0.0620. The molecule has 0 N–H and O–H groups in total. The van der Waals surface area contributed by atoms with E-state index in [4.69, 9.17) is 16.3 Å². The van der Waals surface area contributed by atoms with E-state index in [0.29, 0.717) is 17.2 Å². The van der Waals surface area contributed by atoms with Crippen LogP contribution in [0.15, 0.2) is 23.1 Å². The van der Waals surface area contributed by atoms with E-state index in [1.165, 1.54) is 4.31 Å². The van der Waals surface area contributed by atoms with Gasteiger partial charge in [0, 0.05) is 25.2 Å². The maximum absolute atomic E-state index is 13.1. The van der Waals surface area contributed by atoms with E-state index < -0.39 is 15.9 Å². The lowest BCUT2D eigenvalue weighted by atomic mass is 10.1. The molecule has 0 aromatic heterocycles. The first-order valence-corrected chi connectivity index (χ1v) is 9.24. The third kappa shape index (κ3) is 2.87. The smallest absolute Gasteiger partial charge is 0.243 e. The summed E-state index contributed by atoms with van der Waals surface area (Å²) in [6, 6.07) is 4.57. The average molecular weight is 359 g/mol. The molecule has 1 aromatic rings. The summed E-state index contributed by atoms with van der Waals surface area (Å²) in [5.41, 5.74) is 0.527. The fourth-order valence-corrected chi connectivity index (χ4v) is 5.06. The van der Waals surface area contributed by atoms with Crippen molar-refractivity contribution in [2.24, 2.45) is 5.92 Å². The van der Waals surface area contributed by atoms with Crippen LogP contribution in [0.25, 0.3) is 0 Å². The Morgan fingerprint density at radius 3 is 2.74 bits per heavy atom. The summed E-state index contributed by atoms with van der Waals surface area (Å²) >= 11 is 6.07. The molecule has 1 amide bonds. The summed E-state index contributed by atoms with van der Waals surface area (Å²) in [6.45, 7) is 2.65. The highest BCUT2D eigenvalue weighted by molar-refractivity contribution is 7.89. The molecular formula is C15H19ClN2O4S. The molecule has 3 rings (SSSR count). The number of sulfonamides is 1. The maximum atomic E-state index is 13.1. The fraction of sp³-hybridized carbons (Fsp3) is 0.533. The number of halogens is 1. The second-order valence-electron chi connectivity index (χ2n) is 6.02. The van der Waals surface area contributed by atoms with Gasteiger partial charge in [-0.05, 0) is 24.6 Å². The molecule has 2 aliphatic heterocycles. The van der Waals surface area contributed by atoms with Gasteiger partial charge in [-0.2, -0.15) is 4.31 Å². The first kappa shape index (κ1) is 16.7. The van der Waals surface area contributed by atoms with E-state index in [9.17, 15) is 13.2 Å². The Morgan fingerprint density at radius 1 is 1.26 bits per heavy atom. The quantitative estimate of drug-likeness (QED) is 0.794. The number of hydrogen-bond acceptors (Lipinski definition) is 4. The minimum Gasteiger partial charge on any atom is -0.378 e. The number of fused-ring (bicyclic) bond motifs is 3. The van der Waals surface area contributed by atoms with Crippen molar-refractivity contribution in [3.05, 3.63) is 28.8 Å². The SMILES string of the molecule is Cc1c(Cl)cccc1S(=O)(=O)N1C[C@@H]2COC[C@H](C1)N(C)C2=O. The molecule has 2 saturated heterocycles. The molecular weight excluding hydrogens is 340 g/mol. The monoisotopic (exact) mass is 358 g/mol. The molecule has 2 heterocycles. The first-order valence-electron chi connectivity index (χ1n) is 7.42. The molecule has 126 valence electrons. The van der Waals surface area contributed by atoms with E-state index in [0.717, 1.165) is 0 Å². The molecule has 0 radical (unpaired) electrons. The molecule has 1 aromatic carbocycles. The van der Waals surface area contributed by atoms with E-state index in [-0.39, 0.29) is 36.5 Å². The van der Waals surface area contributed by atoms with E-state index in [1.54, 1.807) is 37.1 Å². The third-order valence-electron chi connectivity index (χ3n) is 4.55. The van der Waals surface area contributed by atoms with Crippen LogP contribution in [0.4, 0.5) is 0 Å². The summed E-state index contributed by atoms with van der Waals surface area (Å²) in [6.07, 6.45) is 0. The van der Waals surface area contributed by atoms with Crippen molar-refractivity contribution < 1.29 is 17.9 Å². The van der Waals surface area contributed by atoms with Crippen LogP contribution in [0.1, 0.15) is 5.56 Å². The van der Waals surface area contributed by atoms with E-state index in [1.807, 2.05) is 0 Å². The van der Waals surface area contributed by atoms with Gasteiger partial charge in [0.1, 0.15) is 0 Å². The lowest BCUT2D eigenvalue weighted by molar-refractivity contribution is -0.133. The highest BCUT2D eigenvalue weighted by Gasteiger charge is 2.41. The van der Waals surface area contributed by atoms with Crippen molar-refractivity contribution >= 4 is 27.5 Å². The molecule has 0 unspecified atom stereocenters. The van der Waals surface area contributed by atoms with Gasteiger partial charge in [0.2, 0.25) is 15.9 Å².